The van der Waals surface area contributed by atoms with Crippen molar-refractivity contribution in [2.75, 3.05) is 13.1 Å². The summed E-state index contributed by atoms with van der Waals surface area (Å²) >= 11 is 0. The minimum atomic E-state index is -0.0306. The van der Waals surface area contributed by atoms with E-state index in [9.17, 15) is 4.79 Å². The molecule has 14 heavy (non-hydrogen) atoms. The van der Waals surface area contributed by atoms with Crippen molar-refractivity contribution in [1.82, 2.24) is 10.6 Å². The average Bonchev–Trinajstić information content (AvgIpc) is 2.22. The Labute approximate surface area is 88.7 Å². The topological polar surface area (TPSA) is 41.1 Å². The third kappa shape index (κ3) is 13.8. The van der Waals surface area contributed by atoms with Crippen LogP contribution in [0.4, 0.5) is 4.79 Å². The second-order valence-electron chi connectivity index (χ2n) is 2.89. The van der Waals surface area contributed by atoms with E-state index in [1.54, 1.807) is 0 Å². The molecule has 2 N–H and O–H groups in total. The normalized spacial score (nSPS) is 8.57. The van der Waals surface area contributed by atoms with Crippen molar-refractivity contribution in [3.63, 3.8) is 0 Å². The summed E-state index contributed by atoms with van der Waals surface area (Å²) in [7, 11) is 0. The molecule has 86 valence electrons. The SMILES string of the molecule is CC.CCCCNC(=O)NCCCC. The number of hydrogen-bond acceptors (Lipinski definition) is 1. The monoisotopic (exact) mass is 202 g/mol. The number of carbonyl (C=O) groups is 1. The second-order valence-corrected chi connectivity index (χ2v) is 2.89. The van der Waals surface area contributed by atoms with Gasteiger partial charge in [0.1, 0.15) is 0 Å². The smallest absolute Gasteiger partial charge is 0.314 e. The summed E-state index contributed by atoms with van der Waals surface area (Å²) in [5, 5.41) is 5.58. The Balaban J connectivity index is 0. The fourth-order valence-corrected chi connectivity index (χ4v) is 0.820. The molecule has 0 spiro atoms. The maximum absolute atomic E-state index is 11.0. The Morgan fingerprint density at radius 1 is 0.929 bits per heavy atom. The molecular weight excluding hydrogens is 176 g/mol. The summed E-state index contributed by atoms with van der Waals surface area (Å²) in [6.07, 6.45) is 4.35. The predicted octanol–water partition coefficient (Wildman–Crippen LogP) is 2.91. The molecule has 2 amide bonds. The van der Waals surface area contributed by atoms with Gasteiger partial charge in [-0.15, -0.1) is 0 Å². The summed E-state index contributed by atoms with van der Waals surface area (Å²) in [4.78, 5) is 11.0. The maximum Gasteiger partial charge on any atom is 0.314 e. The molecule has 0 aliphatic heterocycles. The van der Waals surface area contributed by atoms with Gasteiger partial charge in [0.2, 0.25) is 0 Å². The zero-order chi connectivity index (χ0) is 11.2. The largest absolute Gasteiger partial charge is 0.338 e. The van der Waals surface area contributed by atoms with Crippen molar-refractivity contribution in [1.29, 1.82) is 0 Å². The van der Waals surface area contributed by atoms with E-state index in [0.29, 0.717) is 0 Å². The van der Waals surface area contributed by atoms with Crippen LogP contribution in [0.2, 0.25) is 0 Å². The van der Waals surface area contributed by atoms with Crippen LogP contribution >= 0.6 is 0 Å². The Kier molecular flexibility index (Phi) is 16.6. The van der Waals surface area contributed by atoms with Gasteiger partial charge in [0, 0.05) is 13.1 Å². The summed E-state index contributed by atoms with van der Waals surface area (Å²) in [5.74, 6) is 0. The van der Waals surface area contributed by atoms with Gasteiger partial charge in [-0.1, -0.05) is 40.5 Å². The number of carbonyl (C=O) groups excluding carboxylic acids is 1. The highest BCUT2D eigenvalue weighted by Crippen LogP contribution is 1.84. The lowest BCUT2D eigenvalue weighted by molar-refractivity contribution is 0.240. The molecule has 0 aromatic heterocycles. The third-order valence-electron chi connectivity index (χ3n) is 1.63. The Bertz CT molecular complexity index is 104. The first-order valence-electron chi connectivity index (χ1n) is 5.83. The first-order chi connectivity index (χ1) is 6.81. The first-order valence-corrected chi connectivity index (χ1v) is 5.83. The van der Waals surface area contributed by atoms with Gasteiger partial charge in [0.05, 0.1) is 0 Å². The standard InChI is InChI=1S/C9H20N2O.C2H6/c1-3-5-7-10-9(12)11-8-6-4-2;1-2/h3-8H2,1-2H3,(H2,10,11,12);1-2H3. The van der Waals surface area contributed by atoms with Crippen molar-refractivity contribution in [2.24, 2.45) is 0 Å². The lowest BCUT2D eigenvalue weighted by atomic mass is 10.3. The maximum atomic E-state index is 11.0. The summed E-state index contributed by atoms with van der Waals surface area (Å²) < 4.78 is 0. The van der Waals surface area contributed by atoms with Crippen molar-refractivity contribution < 1.29 is 4.79 Å². The molecule has 3 heteroatoms. The fraction of sp³-hybridized carbons (Fsp3) is 0.909. The molecule has 0 heterocycles. The van der Waals surface area contributed by atoms with E-state index in [-0.39, 0.29) is 6.03 Å². The fourth-order valence-electron chi connectivity index (χ4n) is 0.820. The highest BCUT2D eigenvalue weighted by Gasteiger charge is 1.95. The molecule has 0 aromatic rings. The van der Waals surface area contributed by atoms with Crippen molar-refractivity contribution in [2.45, 2.75) is 53.4 Å². The molecule has 0 rings (SSSR count). The second kappa shape index (κ2) is 14.8. The Morgan fingerprint density at radius 2 is 1.29 bits per heavy atom. The quantitative estimate of drug-likeness (QED) is 0.639. The zero-order valence-corrected chi connectivity index (χ0v) is 10.2. The van der Waals surface area contributed by atoms with Crippen LogP contribution < -0.4 is 10.6 Å². The van der Waals surface area contributed by atoms with Gasteiger partial charge in [0.25, 0.3) is 0 Å². The molecule has 3 nitrogen and oxygen atoms in total. The van der Waals surface area contributed by atoms with E-state index >= 15 is 0 Å². The van der Waals surface area contributed by atoms with Crippen molar-refractivity contribution in [3.05, 3.63) is 0 Å². The number of rotatable bonds is 6. The predicted molar refractivity (Wildman–Crippen MR) is 62.6 cm³/mol. The van der Waals surface area contributed by atoms with Gasteiger partial charge < -0.3 is 10.6 Å². The number of urea groups is 1. The average molecular weight is 202 g/mol. The molecule has 0 fully saturated rings. The van der Waals surface area contributed by atoms with Gasteiger partial charge in [-0.05, 0) is 12.8 Å². The highest BCUT2D eigenvalue weighted by molar-refractivity contribution is 5.73. The highest BCUT2D eigenvalue weighted by atomic mass is 16.2. The van der Waals surface area contributed by atoms with Crippen LogP contribution in [0.25, 0.3) is 0 Å². The van der Waals surface area contributed by atoms with Crippen LogP contribution in [0.1, 0.15) is 53.4 Å². The Hall–Kier alpha value is -0.730. The molecule has 0 aliphatic carbocycles. The van der Waals surface area contributed by atoms with Crippen LogP contribution in [-0.2, 0) is 0 Å². The summed E-state index contributed by atoms with van der Waals surface area (Å²) in [6, 6.07) is -0.0306. The van der Waals surface area contributed by atoms with Gasteiger partial charge in [-0.3, -0.25) is 0 Å². The third-order valence-corrected chi connectivity index (χ3v) is 1.63. The minimum absolute atomic E-state index is 0.0306. The van der Waals surface area contributed by atoms with Gasteiger partial charge >= 0.3 is 6.03 Å². The molecule has 0 saturated carbocycles. The minimum Gasteiger partial charge on any atom is -0.338 e. The molecule has 0 unspecified atom stereocenters. The van der Waals surface area contributed by atoms with Gasteiger partial charge in [0.15, 0.2) is 0 Å². The van der Waals surface area contributed by atoms with Crippen LogP contribution in [-0.4, -0.2) is 19.1 Å². The number of amides is 2. The zero-order valence-electron chi connectivity index (χ0n) is 10.2. The molecule has 0 aliphatic rings. The van der Waals surface area contributed by atoms with Gasteiger partial charge in [-0.2, -0.15) is 0 Å². The number of unbranched alkanes of at least 4 members (excludes halogenated alkanes) is 2. The van der Waals surface area contributed by atoms with Crippen molar-refractivity contribution >= 4 is 6.03 Å². The molecule has 0 radical (unpaired) electrons. The van der Waals surface area contributed by atoms with Crippen LogP contribution in [0.15, 0.2) is 0 Å². The summed E-state index contributed by atoms with van der Waals surface area (Å²) in [6.45, 7) is 9.79. The van der Waals surface area contributed by atoms with E-state index in [0.717, 1.165) is 38.8 Å². The molecule has 0 bridgehead atoms. The Morgan fingerprint density at radius 3 is 1.57 bits per heavy atom. The molecule has 0 atom stereocenters. The van der Waals surface area contributed by atoms with E-state index < -0.39 is 0 Å². The molecular formula is C11H26N2O. The molecule has 0 saturated heterocycles. The van der Waals surface area contributed by atoms with E-state index in [4.69, 9.17) is 0 Å². The van der Waals surface area contributed by atoms with E-state index in [1.165, 1.54) is 0 Å². The van der Waals surface area contributed by atoms with Gasteiger partial charge in [-0.25, -0.2) is 4.79 Å². The molecule has 0 aromatic carbocycles. The first kappa shape index (κ1) is 15.7. The van der Waals surface area contributed by atoms with E-state index in [1.807, 2.05) is 13.8 Å². The lowest BCUT2D eigenvalue weighted by Gasteiger charge is -2.05. The number of hydrogen-bond donors (Lipinski definition) is 2. The van der Waals surface area contributed by atoms with E-state index in [2.05, 4.69) is 24.5 Å². The lowest BCUT2D eigenvalue weighted by Crippen LogP contribution is -2.36. The van der Waals surface area contributed by atoms with Crippen LogP contribution in [0.5, 0.6) is 0 Å². The van der Waals surface area contributed by atoms with Crippen LogP contribution in [0, 0.1) is 0 Å². The summed E-state index contributed by atoms with van der Waals surface area (Å²) in [5.41, 5.74) is 0. The van der Waals surface area contributed by atoms with Crippen LogP contribution in [0.3, 0.4) is 0 Å². The number of nitrogens with one attached hydrogen (secondary N) is 2. The van der Waals surface area contributed by atoms with Crippen molar-refractivity contribution in [3.8, 4) is 0 Å².